The quantitative estimate of drug-likeness (QED) is 0.361. The molecule has 1 amide bonds. The number of para-hydroxylation sites is 1. The van der Waals surface area contributed by atoms with Gasteiger partial charge in [0.25, 0.3) is 5.91 Å². The number of hydrogen-bond acceptors (Lipinski definition) is 4. The van der Waals surface area contributed by atoms with Gasteiger partial charge < -0.3 is 9.84 Å². The second-order valence-electron chi connectivity index (χ2n) is 4.22. The number of rotatable bonds is 5. The Labute approximate surface area is 155 Å². The highest BCUT2D eigenvalue weighted by atomic mass is 127. The van der Waals surface area contributed by atoms with E-state index in [1.54, 1.807) is 24.3 Å². The Morgan fingerprint density at radius 3 is 2.73 bits per heavy atom. The Bertz CT molecular complexity index is 705. The van der Waals surface area contributed by atoms with Gasteiger partial charge in [0.05, 0.1) is 13.4 Å². The molecule has 2 aromatic rings. The van der Waals surface area contributed by atoms with E-state index in [0.717, 1.165) is 12.7 Å². The van der Waals surface area contributed by atoms with Crippen molar-refractivity contribution in [1.82, 2.24) is 5.43 Å². The van der Waals surface area contributed by atoms with Crippen molar-refractivity contribution in [2.45, 2.75) is 0 Å². The largest absolute Gasteiger partial charge is 0.507 e. The van der Waals surface area contributed by atoms with E-state index in [1.807, 2.05) is 40.8 Å². The summed E-state index contributed by atoms with van der Waals surface area (Å²) in [6.07, 6.45) is 1.51. The fourth-order valence-electron chi connectivity index (χ4n) is 1.52. The van der Waals surface area contributed by atoms with Gasteiger partial charge >= 0.3 is 0 Å². The molecule has 5 nitrogen and oxygen atoms in total. The van der Waals surface area contributed by atoms with Crippen molar-refractivity contribution in [1.29, 1.82) is 0 Å². The summed E-state index contributed by atoms with van der Waals surface area (Å²) in [5.41, 5.74) is 3.17. The number of halogens is 2. The number of phenols is 1. The third kappa shape index (κ3) is 5.13. The lowest BCUT2D eigenvalue weighted by Crippen LogP contribution is -2.24. The molecule has 0 bridgehead atoms. The van der Waals surface area contributed by atoms with Crippen molar-refractivity contribution in [2.75, 3.05) is 6.61 Å². The molecule has 0 heterocycles. The van der Waals surface area contributed by atoms with E-state index in [0.29, 0.717) is 5.75 Å². The summed E-state index contributed by atoms with van der Waals surface area (Å²) < 4.78 is 7.07. The van der Waals surface area contributed by atoms with Crippen LogP contribution in [0.3, 0.4) is 0 Å². The van der Waals surface area contributed by atoms with E-state index in [1.165, 1.54) is 6.21 Å². The molecule has 0 aromatic heterocycles. The third-order valence-electron chi connectivity index (χ3n) is 2.57. The van der Waals surface area contributed by atoms with E-state index < -0.39 is 0 Å². The molecule has 2 rings (SSSR count). The second-order valence-corrected chi connectivity index (χ2v) is 6.55. The van der Waals surface area contributed by atoms with E-state index in [4.69, 9.17) is 4.74 Å². The standard InChI is InChI=1S/C15H12I2N2O3/c16-11-3-1-2-4-14(11)22-9-15(21)19-18-8-10-5-6-13(20)12(17)7-10/h1-8,20H,9H2,(H,19,21)/b18-8+. The smallest absolute Gasteiger partial charge is 0.277 e. The molecule has 114 valence electrons. The molecule has 2 aromatic carbocycles. The molecule has 0 atom stereocenters. The predicted molar refractivity (Wildman–Crippen MR) is 101 cm³/mol. The van der Waals surface area contributed by atoms with Gasteiger partial charge in [-0.1, -0.05) is 12.1 Å². The minimum absolute atomic E-state index is 0.107. The van der Waals surface area contributed by atoms with Crippen molar-refractivity contribution >= 4 is 57.3 Å². The van der Waals surface area contributed by atoms with Crippen molar-refractivity contribution in [3.63, 3.8) is 0 Å². The van der Waals surface area contributed by atoms with Crippen molar-refractivity contribution < 1.29 is 14.6 Å². The zero-order valence-corrected chi connectivity index (χ0v) is 15.6. The van der Waals surface area contributed by atoms with Crippen LogP contribution in [0.1, 0.15) is 5.56 Å². The topological polar surface area (TPSA) is 70.9 Å². The lowest BCUT2D eigenvalue weighted by atomic mass is 10.2. The van der Waals surface area contributed by atoms with Gasteiger partial charge in [-0.05, 0) is 81.1 Å². The molecule has 0 saturated heterocycles. The molecule has 7 heteroatoms. The molecule has 2 N–H and O–H groups in total. The van der Waals surface area contributed by atoms with Gasteiger partial charge in [-0.15, -0.1) is 0 Å². The van der Waals surface area contributed by atoms with Crippen molar-refractivity contribution in [2.24, 2.45) is 5.10 Å². The number of amides is 1. The SMILES string of the molecule is O=C(COc1ccccc1I)N/N=C/c1ccc(O)c(I)c1. The van der Waals surface area contributed by atoms with Crippen LogP contribution < -0.4 is 10.2 Å². The van der Waals surface area contributed by atoms with Crippen LogP contribution in [0, 0.1) is 7.14 Å². The highest BCUT2D eigenvalue weighted by Gasteiger charge is 2.04. The molecule has 0 spiro atoms. The summed E-state index contributed by atoms with van der Waals surface area (Å²) in [5.74, 6) is 0.535. The van der Waals surface area contributed by atoms with Crippen LogP contribution in [0.2, 0.25) is 0 Å². The minimum Gasteiger partial charge on any atom is -0.507 e. The van der Waals surface area contributed by atoms with Crippen molar-refractivity contribution in [3.05, 3.63) is 55.2 Å². The van der Waals surface area contributed by atoms with Crippen LogP contribution in [-0.2, 0) is 4.79 Å². The maximum Gasteiger partial charge on any atom is 0.277 e. The fourth-order valence-corrected chi connectivity index (χ4v) is 2.60. The summed E-state index contributed by atoms with van der Waals surface area (Å²) >= 11 is 4.16. The maximum absolute atomic E-state index is 11.6. The molecule has 0 unspecified atom stereocenters. The zero-order chi connectivity index (χ0) is 15.9. The first-order valence-corrected chi connectivity index (χ1v) is 8.40. The van der Waals surface area contributed by atoms with Crippen molar-refractivity contribution in [3.8, 4) is 11.5 Å². The van der Waals surface area contributed by atoms with Gasteiger partial charge in [-0.2, -0.15) is 5.10 Å². The number of hydrazone groups is 1. The Kier molecular flexibility index (Phi) is 6.43. The minimum atomic E-state index is -0.343. The number of ether oxygens (including phenoxy) is 1. The summed E-state index contributed by atoms with van der Waals surface area (Å²) in [5, 5.41) is 13.3. The number of benzene rings is 2. The third-order valence-corrected chi connectivity index (χ3v) is 4.33. The van der Waals surface area contributed by atoms with Crippen LogP contribution in [0.4, 0.5) is 0 Å². The molecule has 0 radical (unpaired) electrons. The zero-order valence-electron chi connectivity index (χ0n) is 11.3. The maximum atomic E-state index is 11.6. The molecule has 0 saturated carbocycles. The number of carbonyl (C=O) groups is 1. The van der Waals surface area contributed by atoms with E-state index in [9.17, 15) is 9.90 Å². The lowest BCUT2D eigenvalue weighted by molar-refractivity contribution is -0.123. The van der Waals surface area contributed by atoms with Crippen LogP contribution >= 0.6 is 45.2 Å². The van der Waals surface area contributed by atoms with Gasteiger partial charge in [0.1, 0.15) is 11.5 Å². The molecule has 0 aliphatic rings. The van der Waals surface area contributed by atoms with Gasteiger partial charge in [-0.25, -0.2) is 5.43 Å². The predicted octanol–water partition coefficient (Wildman–Crippen LogP) is 3.13. The Hall–Kier alpha value is -1.36. The van der Waals surface area contributed by atoms with Crippen LogP contribution in [0.25, 0.3) is 0 Å². The molecular weight excluding hydrogens is 510 g/mol. The number of aromatic hydroxyl groups is 1. The van der Waals surface area contributed by atoms with Gasteiger partial charge in [0.2, 0.25) is 0 Å². The van der Waals surface area contributed by atoms with E-state index in [2.05, 4.69) is 33.1 Å². The van der Waals surface area contributed by atoms with E-state index in [-0.39, 0.29) is 18.3 Å². The molecular formula is C15H12I2N2O3. The van der Waals surface area contributed by atoms with Gasteiger partial charge in [-0.3, -0.25) is 4.79 Å². The molecule has 0 aliphatic carbocycles. The highest BCUT2D eigenvalue weighted by molar-refractivity contribution is 14.1. The fraction of sp³-hybridized carbons (Fsp3) is 0.0667. The summed E-state index contributed by atoms with van der Waals surface area (Å²) in [4.78, 5) is 11.6. The lowest BCUT2D eigenvalue weighted by Gasteiger charge is -2.06. The molecule has 22 heavy (non-hydrogen) atoms. The number of nitrogens with zero attached hydrogens (tertiary/aromatic N) is 1. The first kappa shape index (κ1) is 17.0. The average Bonchev–Trinajstić information content (AvgIpc) is 2.50. The van der Waals surface area contributed by atoms with Gasteiger partial charge in [0, 0.05) is 0 Å². The first-order valence-electron chi connectivity index (χ1n) is 6.24. The summed E-state index contributed by atoms with van der Waals surface area (Å²) in [7, 11) is 0. The van der Waals surface area contributed by atoms with Crippen LogP contribution in [0.15, 0.2) is 47.6 Å². The summed E-state index contributed by atoms with van der Waals surface area (Å²) in [6, 6.07) is 12.5. The van der Waals surface area contributed by atoms with E-state index >= 15 is 0 Å². The number of phenolic OH excluding ortho intramolecular Hbond substituents is 1. The summed E-state index contributed by atoms with van der Waals surface area (Å²) in [6.45, 7) is -0.107. The number of nitrogens with one attached hydrogen (secondary N) is 1. The second kappa shape index (κ2) is 8.32. The van der Waals surface area contributed by atoms with Crippen LogP contribution in [-0.4, -0.2) is 23.8 Å². The Morgan fingerprint density at radius 1 is 1.23 bits per heavy atom. The average molecular weight is 522 g/mol. The first-order chi connectivity index (χ1) is 10.6. The number of hydrogen-bond donors (Lipinski definition) is 2. The molecule has 0 fully saturated rings. The van der Waals surface area contributed by atoms with Crippen LogP contribution in [0.5, 0.6) is 11.5 Å². The Morgan fingerprint density at radius 2 is 2.00 bits per heavy atom. The number of carbonyl (C=O) groups excluding carboxylic acids is 1. The molecule has 0 aliphatic heterocycles. The monoisotopic (exact) mass is 522 g/mol. The highest BCUT2D eigenvalue weighted by Crippen LogP contribution is 2.20. The van der Waals surface area contributed by atoms with Gasteiger partial charge in [0.15, 0.2) is 6.61 Å². The Balaban J connectivity index is 1.83. The normalized spacial score (nSPS) is 10.6.